The Balaban J connectivity index is 1.62. The number of hydrogen-bond acceptors (Lipinski definition) is 4. The predicted octanol–water partition coefficient (Wildman–Crippen LogP) is 3.72. The summed E-state index contributed by atoms with van der Waals surface area (Å²) in [5.41, 5.74) is 6.15. The lowest BCUT2D eigenvalue weighted by Crippen LogP contribution is -2.25. The summed E-state index contributed by atoms with van der Waals surface area (Å²) in [6.07, 6.45) is 1.86. The van der Waals surface area contributed by atoms with Crippen molar-refractivity contribution in [3.05, 3.63) is 77.1 Å². The Hall–Kier alpha value is -2.50. The Morgan fingerprint density at radius 2 is 1.88 bits per heavy atom. The van der Waals surface area contributed by atoms with Gasteiger partial charge in [0.2, 0.25) is 5.13 Å². The molecule has 5 heteroatoms. The number of fused-ring (bicyclic) bond motifs is 2. The topological polar surface area (TPSA) is 42.7 Å². The van der Waals surface area contributed by atoms with Crippen LogP contribution in [0.15, 0.2) is 54.6 Å². The first-order chi connectivity index (χ1) is 12.4. The van der Waals surface area contributed by atoms with Crippen LogP contribution in [0.3, 0.4) is 0 Å². The molecule has 0 spiro atoms. The van der Waals surface area contributed by atoms with Crippen LogP contribution in [0.25, 0.3) is 15.3 Å². The zero-order chi connectivity index (χ0) is 16.6. The zero-order valence-corrected chi connectivity index (χ0v) is 14.6. The predicted molar refractivity (Wildman–Crippen MR) is 101 cm³/mol. The van der Waals surface area contributed by atoms with Crippen molar-refractivity contribution in [1.29, 1.82) is 0 Å². The molecule has 0 saturated carbocycles. The monoisotopic (exact) mass is 346 g/mol. The van der Waals surface area contributed by atoms with Gasteiger partial charge in [-0.3, -0.25) is 0 Å². The summed E-state index contributed by atoms with van der Waals surface area (Å²) in [7, 11) is 0. The molecule has 4 nitrogen and oxygen atoms in total. The molecule has 1 N–H and O–H groups in total. The molecular formula is C20H18N4S. The number of aromatic nitrogens is 3. The van der Waals surface area contributed by atoms with Gasteiger partial charge in [0.25, 0.3) is 0 Å². The van der Waals surface area contributed by atoms with Gasteiger partial charge in [0, 0.05) is 31.5 Å². The van der Waals surface area contributed by atoms with E-state index in [0.29, 0.717) is 0 Å². The van der Waals surface area contributed by atoms with E-state index in [4.69, 9.17) is 10.1 Å². The van der Waals surface area contributed by atoms with E-state index in [0.717, 1.165) is 42.3 Å². The van der Waals surface area contributed by atoms with E-state index in [9.17, 15) is 0 Å². The molecule has 0 aliphatic carbocycles. The summed E-state index contributed by atoms with van der Waals surface area (Å²) in [4.78, 5) is 4.81. The van der Waals surface area contributed by atoms with Gasteiger partial charge >= 0.3 is 0 Å². The summed E-state index contributed by atoms with van der Waals surface area (Å²) in [5, 5.41) is 9.44. The molecule has 4 aromatic rings. The number of para-hydroxylation sites is 1. The fourth-order valence-electron chi connectivity index (χ4n) is 3.46. The van der Waals surface area contributed by atoms with Gasteiger partial charge in [0.1, 0.15) is 0 Å². The first-order valence-electron chi connectivity index (χ1n) is 8.59. The van der Waals surface area contributed by atoms with Gasteiger partial charge in [-0.25, -0.2) is 9.67 Å². The van der Waals surface area contributed by atoms with Gasteiger partial charge in [0.05, 0.1) is 21.6 Å². The van der Waals surface area contributed by atoms with E-state index in [1.54, 1.807) is 11.3 Å². The molecule has 0 fully saturated rings. The van der Waals surface area contributed by atoms with E-state index in [1.807, 2.05) is 6.07 Å². The summed E-state index contributed by atoms with van der Waals surface area (Å²) < 4.78 is 3.29. The average Bonchev–Trinajstić information content (AvgIpc) is 3.24. The molecule has 1 aliphatic heterocycles. The summed E-state index contributed by atoms with van der Waals surface area (Å²) in [6.45, 7) is 1.89. The highest BCUT2D eigenvalue weighted by Crippen LogP contribution is 2.29. The normalized spacial score (nSPS) is 13.9. The maximum atomic E-state index is 4.98. The van der Waals surface area contributed by atoms with Crippen molar-refractivity contribution in [3.63, 3.8) is 0 Å². The quantitative estimate of drug-likeness (QED) is 0.615. The van der Waals surface area contributed by atoms with Crippen molar-refractivity contribution in [1.82, 2.24) is 20.1 Å². The Labute approximate surface area is 150 Å². The molecule has 1 aliphatic rings. The molecule has 2 aromatic heterocycles. The van der Waals surface area contributed by atoms with Crippen molar-refractivity contribution in [3.8, 4) is 5.13 Å². The van der Waals surface area contributed by atoms with Gasteiger partial charge in [-0.05, 0) is 17.7 Å². The third kappa shape index (κ3) is 2.65. The second-order valence-corrected chi connectivity index (χ2v) is 7.35. The number of nitrogens with one attached hydrogen (secondary N) is 1. The molecule has 25 heavy (non-hydrogen) atoms. The second-order valence-electron chi connectivity index (χ2n) is 6.34. The highest BCUT2D eigenvalue weighted by molar-refractivity contribution is 7.20. The average molecular weight is 346 g/mol. The third-order valence-electron chi connectivity index (χ3n) is 4.69. The molecule has 124 valence electrons. The van der Waals surface area contributed by atoms with Crippen molar-refractivity contribution >= 4 is 21.6 Å². The maximum Gasteiger partial charge on any atom is 0.211 e. The molecule has 2 aromatic carbocycles. The van der Waals surface area contributed by atoms with Crippen LogP contribution in [0.2, 0.25) is 0 Å². The molecule has 0 bridgehead atoms. The smallest absolute Gasteiger partial charge is 0.211 e. The van der Waals surface area contributed by atoms with Gasteiger partial charge < -0.3 is 5.32 Å². The van der Waals surface area contributed by atoms with E-state index < -0.39 is 0 Å². The van der Waals surface area contributed by atoms with Crippen molar-refractivity contribution in [2.24, 2.45) is 0 Å². The van der Waals surface area contributed by atoms with Crippen LogP contribution >= 0.6 is 11.3 Å². The van der Waals surface area contributed by atoms with E-state index in [1.165, 1.54) is 21.5 Å². The van der Waals surface area contributed by atoms with Crippen LogP contribution in [0.4, 0.5) is 0 Å². The first kappa shape index (κ1) is 14.8. The van der Waals surface area contributed by atoms with Crippen molar-refractivity contribution in [2.45, 2.75) is 19.4 Å². The summed E-state index contributed by atoms with van der Waals surface area (Å²) >= 11 is 1.71. The highest BCUT2D eigenvalue weighted by atomic mass is 32.1. The Morgan fingerprint density at radius 1 is 1.04 bits per heavy atom. The minimum Gasteiger partial charge on any atom is -0.312 e. The number of benzene rings is 2. The Morgan fingerprint density at radius 3 is 2.76 bits per heavy atom. The molecule has 3 heterocycles. The van der Waals surface area contributed by atoms with Crippen LogP contribution in [-0.4, -0.2) is 21.3 Å². The molecule has 0 amide bonds. The largest absolute Gasteiger partial charge is 0.312 e. The highest BCUT2D eigenvalue weighted by Gasteiger charge is 2.23. The van der Waals surface area contributed by atoms with Crippen LogP contribution in [-0.2, 0) is 19.4 Å². The maximum absolute atomic E-state index is 4.98. The van der Waals surface area contributed by atoms with E-state index >= 15 is 0 Å². The Bertz CT molecular complexity index is 999. The molecule has 0 saturated heterocycles. The minimum absolute atomic E-state index is 0.864. The van der Waals surface area contributed by atoms with Crippen LogP contribution < -0.4 is 5.32 Å². The first-order valence-corrected chi connectivity index (χ1v) is 9.40. The molecule has 0 atom stereocenters. The van der Waals surface area contributed by atoms with Gasteiger partial charge in [-0.1, -0.05) is 53.8 Å². The van der Waals surface area contributed by atoms with Crippen LogP contribution in [0, 0.1) is 0 Å². The number of rotatable bonds is 3. The van der Waals surface area contributed by atoms with Crippen LogP contribution in [0.5, 0.6) is 0 Å². The fraction of sp³-hybridized carbons (Fsp3) is 0.200. The molecular weight excluding hydrogens is 328 g/mol. The lowest BCUT2D eigenvalue weighted by molar-refractivity contribution is 0.621. The fourth-order valence-corrected chi connectivity index (χ4v) is 4.40. The standard InChI is InChI=1S/C20H18N4S/c1-2-6-14(7-3-1)12-17-15-13-21-11-10-18(15)24(23-17)20-22-16-8-4-5-9-19(16)25-20/h1-9,21H,10-13H2. The summed E-state index contributed by atoms with van der Waals surface area (Å²) in [6, 6.07) is 18.9. The van der Waals surface area contributed by atoms with E-state index in [2.05, 4.69) is 58.5 Å². The number of hydrogen-bond donors (Lipinski definition) is 1. The van der Waals surface area contributed by atoms with E-state index in [-0.39, 0.29) is 0 Å². The van der Waals surface area contributed by atoms with Gasteiger partial charge in [0.15, 0.2) is 0 Å². The molecule has 0 unspecified atom stereocenters. The molecule has 5 rings (SSSR count). The van der Waals surface area contributed by atoms with Crippen molar-refractivity contribution in [2.75, 3.05) is 6.54 Å². The number of thiazole rings is 1. The SMILES string of the molecule is c1ccc(Cc2nn(-c3nc4ccccc4s3)c3c2CNCC3)cc1. The lowest BCUT2D eigenvalue weighted by Gasteiger charge is -2.14. The second kappa shape index (κ2) is 6.10. The zero-order valence-electron chi connectivity index (χ0n) is 13.8. The van der Waals surface area contributed by atoms with Gasteiger partial charge in [-0.15, -0.1) is 0 Å². The molecule has 0 radical (unpaired) electrons. The van der Waals surface area contributed by atoms with Crippen molar-refractivity contribution < 1.29 is 0 Å². The van der Waals surface area contributed by atoms with Gasteiger partial charge in [-0.2, -0.15) is 5.10 Å². The third-order valence-corrected chi connectivity index (χ3v) is 5.70. The number of nitrogens with zero attached hydrogens (tertiary/aromatic N) is 3. The lowest BCUT2D eigenvalue weighted by atomic mass is 10.0. The Kier molecular flexibility index (Phi) is 3.61. The minimum atomic E-state index is 0.864. The summed E-state index contributed by atoms with van der Waals surface area (Å²) in [5.74, 6) is 0. The van der Waals surface area contributed by atoms with Crippen LogP contribution in [0.1, 0.15) is 22.5 Å².